The van der Waals surface area contributed by atoms with Crippen LogP contribution in [0.5, 0.6) is 5.75 Å². The summed E-state index contributed by atoms with van der Waals surface area (Å²) in [5, 5.41) is 9.38. The predicted octanol–water partition coefficient (Wildman–Crippen LogP) is 2.34. The summed E-state index contributed by atoms with van der Waals surface area (Å²) in [5.74, 6) is -0.432. The summed E-state index contributed by atoms with van der Waals surface area (Å²) in [6.45, 7) is 9.21. The van der Waals surface area contributed by atoms with Crippen molar-refractivity contribution < 1.29 is 9.50 Å². The average Bonchev–Trinajstić information content (AvgIpc) is 2.26. The Labute approximate surface area is 108 Å². The summed E-state index contributed by atoms with van der Waals surface area (Å²) in [6.07, 6.45) is 0. The molecule has 0 spiro atoms. The van der Waals surface area contributed by atoms with Gasteiger partial charge in [-0.15, -0.1) is 0 Å². The van der Waals surface area contributed by atoms with Gasteiger partial charge in [-0.2, -0.15) is 0 Å². The van der Waals surface area contributed by atoms with Crippen LogP contribution in [-0.4, -0.2) is 29.6 Å². The van der Waals surface area contributed by atoms with E-state index in [1.54, 1.807) is 6.07 Å². The maximum Gasteiger partial charge on any atom is 0.127 e. The highest BCUT2D eigenvalue weighted by Crippen LogP contribution is 2.19. The van der Waals surface area contributed by atoms with Crippen molar-refractivity contribution in [2.45, 2.75) is 27.3 Å². The first kappa shape index (κ1) is 14.9. The zero-order valence-electron chi connectivity index (χ0n) is 11.4. The highest BCUT2D eigenvalue weighted by molar-refractivity contribution is 5.28. The van der Waals surface area contributed by atoms with Crippen LogP contribution in [-0.2, 0) is 6.54 Å². The highest BCUT2D eigenvalue weighted by Gasteiger charge is 2.19. The molecule has 3 N–H and O–H groups in total. The summed E-state index contributed by atoms with van der Waals surface area (Å²) in [4.78, 5) is 2.20. The molecule has 0 aliphatic heterocycles. The summed E-state index contributed by atoms with van der Waals surface area (Å²) < 4.78 is 13.2. The van der Waals surface area contributed by atoms with Crippen molar-refractivity contribution in [1.82, 2.24) is 4.90 Å². The molecule has 1 aromatic carbocycles. The van der Waals surface area contributed by atoms with Crippen LogP contribution in [0.25, 0.3) is 0 Å². The number of halogens is 1. The van der Waals surface area contributed by atoms with Crippen LogP contribution in [0.1, 0.15) is 26.3 Å². The zero-order valence-corrected chi connectivity index (χ0v) is 11.4. The first-order chi connectivity index (χ1) is 8.36. The normalized spacial score (nSPS) is 12.1. The second-order valence-electron chi connectivity index (χ2n) is 5.49. The fraction of sp³-hybridized carbons (Fsp3) is 0.571. The Bertz CT molecular complexity index is 373. The van der Waals surface area contributed by atoms with E-state index in [9.17, 15) is 9.50 Å². The van der Waals surface area contributed by atoms with Gasteiger partial charge in [0.1, 0.15) is 11.6 Å². The van der Waals surface area contributed by atoms with Crippen LogP contribution in [0.15, 0.2) is 18.2 Å². The minimum Gasteiger partial charge on any atom is -0.508 e. The number of nitrogens with zero attached hydrogens (tertiary/aromatic N) is 1. The van der Waals surface area contributed by atoms with Gasteiger partial charge in [0.25, 0.3) is 0 Å². The van der Waals surface area contributed by atoms with Crippen molar-refractivity contribution in [3.05, 3.63) is 29.6 Å². The molecule has 102 valence electrons. The number of aromatic hydroxyl groups is 1. The van der Waals surface area contributed by atoms with E-state index >= 15 is 0 Å². The van der Waals surface area contributed by atoms with Gasteiger partial charge in [-0.05, 0) is 36.2 Å². The lowest BCUT2D eigenvalue weighted by Crippen LogP contribution is -2.38. The van der Waals surface area contributed by atoms with Gasteiger partial charge in [0.05, 0.1) is 0 Å². The number of rotatable bonds is 6. The summed E-state index contributed by atoms with van der Waals surface area (Å²) in [6, 6.07) is 4.17. The molecule has 1 aromatic rings. The minimum absolute atomic E-state index is 0.0286. The first-order valence-corrected chi connectivity index (χ1v) is 6.27. The Morgan fingerprint density at radius 2 is 2.00 bits per heavy atom. The molecule has 0 bridgehead atoms. The highest BCUT2D eigenvalue weighted by atomic mass is 19.1. The fourth-order valence-corrected chi connectivity index (χ4v) is 1.93. The predicted molar refractivity (Wildman–Crippen MR) is 71.9 cm³/mol. The van der Waals surface area contributed by atoms with Gasteiger partial charge in [-0.25, -0.2) is 4.39 Å². The molecule has 3 nitrogen and oxygen atoms in total. The van der Waals surface area contributed by atoms with E-state index in [-0.39, 0.29) is 11.2 Å². The monoisotopic (exact) mass is 254 g/mol. The second kappa shape index (κ2) is 6.16. The van der Waals surface area contributed by atoms with Crippen LogP contribution in [0, 0.1) is 11.2 Å². The number of benzene rings is 1. The molecule has 0 saturated heterocycles. The SMILES string of the molecule is CCN(Cc1cc(O)cc(F)c1)CC(C)(C)CN. The Kier molecular flexibility index (Phi) is 5.11. The van der Waals surface area contributed by atoms with Crippen LogP contribution in [0.2, 0.25) is 0 Å². The molecule has 0 radical (unpaired) electrons. The Morgan fingerprint density at radius 3 is 2.50 bits per heavy atom. The number of phenols is 1. The van der Waals surface area contributed by atoms with Gasteiger partial charge >= 0.3 is 0 Å². The molecule has 0 unspecified atom stereocenters. The van der Waals surface area contributed by atoms with E-state index in [0.29, 0.717) is 13.1 Å². The van der Waals surface area contributed by atoms with E-state index in [0.717, 1.165) is 24.7 Å². The fourth-order valence-electron chi connectivity index (χ4n) is 1.93. The van der Waals surface area contributed by atoms with Gasteiger partial charge in [-0.3, -0.25) is 4.90 Å². The Morgan fingerprint density at radius 1 is 1.33 bits per heavy atom. The van der Waals surface area contributed by atoms with Gasteiger partial charge in [0, 0.05) is 19.2 Å². The lowest BCUT2D eigenvalue weighted by Gasteiger charge is -2.31. The molecule has 1 rings (SSSR count). The quantitative estimate of drug-likeness (QED) is 0.819. The van der Waals surface area contributed by atoms with Crippen molar-refractivity contribution in [3.8, 4) is 5.75 Å². The van der Waals surface area contributed by atoms with Crippen molar-refractivity contribution >= 4 is 0 Å². The molecular formula is C14H23FN2O. The average molecular weight is 254 g/mol. The van der Waals surface area contributed by atoms with Gasteiger partial charge in [-0.1, -0.05) is 20.8 Å². The van der Waals surface area contributed by atoms with Crippen LogP contribution < -0.4 is 5.73 Å². The molecule has 18 heavy (non-hydrogen) atoms. The zero-order chi connectivity index (χ0) is 13.8. The standard InChI is InChI=1S/C14H23FN2O/c1-4-17(10-14(2,3)9-16)8-11-5-12(15)7-13(18)6-11/h5-7,18H,4,8-10,16H2,1-3H3. The van der Waals surface area contributed by atoms with Crippen molar-refractivity contribution in [2.75, 3.05) is 19.6 Å². The third kappa shape index (κ3) is 4.63. The van der Waals surface area contributed by atoms with E-state index < -0.39 is 5.82 Å². The van der Waals surface area contributed by atoms with Crippen molar-refractivity contribution in [1.29, 1.82) is 0 Å². The van der Waals surface area contributed by atoms with Gasteiger partial charge in [0.2, 0.25) is 0 Å². The molecule has 0 saturated carbocycles. The number of hydrogen-bond donors (Lipinski definition) is 2. The minimum atomic E-state index is -0.404. The number of hydrogen-bond acceptors (Lipinski definition) is 3. The molecule has 4 heteroatoms. The molecule has 0 aliphatic rings. The van der Waals surface area contributed by atoms with Crippen molar-refractivity contribution in [3.63, 3.8) is 0 Å². The first-order valence-electron chi connectivity index (χ1n) is 6.27. The van der Waals surface area contributed by atoms with E-state index in [1.807, 2.05) is 0 Å². The summed E-state index contributed by atoms with van der Waals surface area (Å²) in [5.41, 5.74) is 6.54. The summed E-state index contributed by atoms with van der Waals surface area (Å²) in [7, 11) is 0. The largest absolute Gasteiger partial charge is 0.508 e. The smallest absolute Gasteiger partial charge is 0.127 e. The lowest BCUT2D eigenvalue weighted by atomic mass is 9.93. The second-order valence-corrected chi connectivity index (χ2v) is 5.49. The molecule has 0 aliphatic carbocycles. The lowest BCUT2D eigenvalue weighted by molar-refractivity contribution is 0.183. The number of phenolic OH excluding ortho intramolecular Hbond substituents is 1. The third-order valence-electron chi connectivity index (χ3n) is 3.00. The van der Waals surface area contributed by atoms with E-state index in [2.05, 4.69) is 25.7 Å². The molecule has 0 fully saturated rings. The van der Waals surface area contributed by atoms with Crippen LogP contribution in [0.3, 0.4) is 0 Å². The molecular weight excluding hydrogens is 231 g/mol. The van der Waals surface area contributed by atoms with E-state index in [1.165, 1.54) is 6.07 Å². The molecule has 0 atom stereocenters. The number of nitrogens with two attached hydrogens (primary N) is 1. The van der Waals surface area contributed by atoms with Crippen LogP contribution >= 0.6 is 0 Å². The van der Waals surface area contributed by atoms with Gasteiger partial charge < -0.3 is 10.8 Å². The van der Waals surface area contributed by atoms with Gasteiger partial charge in [0.15, 0.2) is 0 Å². The maximum absolute atomic E-state index is 13.2. The van der Waals surface area contributed by atoms with Crippen LogP contribution in [0.4, 0.5) is 4.39 Å². The third-order valence-corrected chi connectivity index (χ3v) is 3.00. The summed E-state index contributed by atoms with van der Waals surface area (Å²) >= 11 is 0. The molecule has 0 amide bonds. The Balaban J connectivity index is 2.73. The Hall–Kier alpha value is -1.13. The molecule has 0 aromatic heterocycles. The maximum atomic E-state index is 13.2. The topological polar surface area (TPSA) is 49.5 Å². The van der Waals surface area contributed by atoms with E-state index in [4.69, 9.17) is 5.73 Å². The molecule has 0 heterocycles. The van der Waals surface area contributed by atoms with Crippen molar-refractivity contribution in [2.24, 2.45) is 11.1 Å².